The molecular formula is C21H33F2NO2. The quantitative estimate of drug-likeness (QED) is 0.659. The molecule has 3 nitrogen and oxygen atoms in total. The van der Waals surface area contributed by atoms with Crippen LogP contribution in [0, 0.1) is 6.92 Å². The minimum Gasteiger partial charge on any atom is -0.444 e. The molecule has 0 aromatic heterocycles. The van der Waals surface area contributed by atoms with E-state index in [2.05, 4.69) is 0 Å². The van der Waals surface area contributed by atoms with Crippen LogP contribution in [0.3, 0.4) is 0 Å². The Morgan fingerprint density at radius 2 is 1.65 bits per heavy atom. The van der Waals surface area contributed by atoms with Gasteiger partial charge >= 0.3 is 6.09 Å². The summed E-state index contributed by atoms with van der Waals surface area (Å²) in [7, 11) is 0. The monoisotopic (exact) mass is 369 g/mol. The number of rotatable bonds is 3. The zero-order valence-corrected chi connectivity index (χ0v) is 16.9. The zero-order valence-electron chi connectivity index (χ0n) is 16.9. The van der Waals surface area contributed by atoms with E-state index in [0.717, 1.165) is 11.1 Å². The highest BCUT2D eigenvalue weighted by atomic mass is 19.3. The molecule has 1 heterocycles. The highest BCUT2D eigenvalue weighted by molar-refractivity contribution is 5.68. The molecule has 0 bridgehead atoms. The van der Waals surface area contributed by atoms with Crippen molar-refractivity contribution < 1.29 is 18.3 Å². The van der Waals surface area contributed by atoms with Gasteiger partial charge in [0, 0.05) is 24.9 Å². The Hall–Kier alpha value is -1.65. The fraction of sp³-hybridized carbons (Fsp3) is 0.667. The van der Waals surface area contributed by atoms with Crippen molar-refractivity contribution in [2.45, 2.75) is 78.2 Å². The van der Waals surface area contributed by atoms with Crippen LogP contribution in [-0.4, -0.2) is 36.1 Å². The van der Waals surface area contributed by atoms with Crippen LogP contribution in [0.4, 0.5) is 13.6 Å². The van der Waals surface area contributed by atoms with Gasteiger partial charge in [-0.05, 0) is 46.1 Å². The summed E-state index contributed by atoms with van der Waals surface area (Å²) in [5.74, 6) is 0. The summed E-state index contributed by atoms with van der Waals surface area (Å²) in [5, 5.41) is 0. The van der Waals surface area contributed by atoms with Crippen LogP contribution >= 0.6 is 0 Å². The van der Waals surface area contributed by atoms with Crippen LogP contribution in [-0.2, 0) is 10.2 Å². The molecule has 0 N–H and O–H groups in total. The van der Waals surface area contributed by atoms with Crippen LogP contribution < -0.4 is 0 Å². The Balaban J connectivity index is 0.00000163. The molecule has 148 valence electrons. The number of hydrogen-bond acceptors (Lipinski definition) is 2. The lowest BCUT2D eigenvalue weighted by molar-refractivity contribution is 0.0110. The molecule has 26 heavy (non-hydrogen) atoms. The number of carbonyl (C=O) groups excluding carboxylic acids is 1. The van der Waals surface area contributed by atoms with Crippen molar-refractivity contribution in [1.29, 1.82) is 0 Å². The van der Waals surface area contributed by atoms with Crippen molar-refractivity contribution in [3.63, 3.8) is 0 Å². The molecule has 1 amide bonds. The lowest BCUT2D eigenvalue weighted by Gasteiger charge is -2.42. The first kappa shape index (κ1) is 22.4. The minimum atomic E-state index is -2.36. The molecule has 1 saturated heterocycles. The van der Waals surface area contributed by atoms with Crippen LogP contribution in [0.1, 0.15) is 65.0 Å². The number of carbonyl (C=O) groups is 1. The third-order valence-corrected chi connectivity index (χ3v) is 4.58. The number of likely N-dealkylation sites (tertiary alicyclic amines) is 1. The number of nitrogens with zero attached hydrogens (tertiary/aromatic N) is 1. The van der Waals surface area contributed by atoms with Gasteiger partial charge in [-0.3, -0.25) is 0 Å². The van der Waals surface area contributed by atoms with Crippen molar-refractivity contribution in [3.05, 3.63) is 35.4 Å². The van der Waals surface area contributed by atoms with Gasteiger partial charge in [0.2, 0.25) is 6.43 Å². The van der Waals surface area contributed by atoms with Gasteiger partial charge in [-0.25, -0.2) is 13.6 Å². The molecule has 0 radical (unpaired) electrons. The predicted octanol–water partition coefficient (Wildman–Crippen LogP) is 5.95. The number of piperidine rings is 1. The SMILES string of the molecule is CC.Cc1ccc(C2(CC(F)F)CCN(C(=O)OC(C)(C)C)CC2)cc1. The van der Waals surface area contributed by atoms with E-state index < -0.39 is 17.4 Å². The van der Waals surface area contributed by atoms with Crippen molar-refractivity contribution in [2.75, 3.05) is 13.1 Å². The molecule has 1 fully saturated rings. The van der Waals surface area contributed by atoms with Crippen LogP contribution in [0.15, 0.2) is 24.3 Å². The second kappa shape index (κ2) is 9.33. The van der Waals surface area contributed by atoms with Gasteiger partial charge in [-0.15, -0.1) is 0 Å². The molecule has 0 atom stereocenters. The van der Waals surface area contributed by atoms with E-state index in [1.54, 1.807) is 4.90 Å². The number of aryl methyl sites for hydroxylation is 1. The number of benzene rings is 1. The third kappa shape index (κ3) is 6.26. The molecule has 1 aliphatic rings. The Morgan fingerprint density at radius 3 is 2.08 bits per heavy atom. The average Bonchev–Trinajstić information content (AvgIpc) is 2.55. The Kier molecular flexibility index (Phi) is 8.04. The maximum atomic E-state index is 13.2. The summed E-state index contributed by atoms with van der Waals surface area (Å²) in [5.41, 5.74) is 0.931. The molecular weight excluding hydrogens is 336 g/mol. The molecule has 5 heteroatoms. The second-order valence-electron chi connectivity index (χ2n) is 7.71. The number of halogens is 2. The highest BCUT2D eigenvalue weighted by Crippen LogP contribution is 2.40. The first-order chi connectivity index (χ1) is 12.1. The average molecular weight is 369 g/mol. The summed E-state index contributed by atoms with van der Waals surface area (Å²) in [6, 6.07) is 7.81. The molecule has 1 aliphatic heterocycles. The third-order valence-electron chi connectivity index (χ3n) is 4.58. The number of alkyl halides is 2. The lowest BCUT2D eigenvalue weighted by atomic mass is 9.70. The molecule has 1 aromatic rings. The Labute approximate surface area is 156 Å². The summed E-state index contributed by atoms with van der Waals surface area (Å²) in [6.07, 6.45) is -1.84. The van der Waals surface area contributed by atoms with Gasteiger partial charge in [0.25, 0.3) is 0 Å². The van der Waals surface area contributed by atoms with Gasteiger partial charge < -0.3 is 9.64 Å². The fourth-order valence-electron chi connectivity index (χ4n) is 3.26. The van der Waals surface area contributed by atoms with E-state index in [1.165, 1.54) is 0 Å². The van der Waals surface area contributed by atoms with Crippen LogP contribution in [0.5, 0.6) is 0 Å². The summed E-state index contributed by atoms with van der Waals surface area (Å²) < 4.78 is 31.8. The summed E-state index contributed by atoms with van der Waals surface area (Å²) in [4.78, 5) is 13.8. The van der Waals surface area contributed by atoms with Gasteiger partial charge in [0.1, 0.15) is 5.60 Å². The Bertz CT molecular complexity index is 556. The van der Waals surface area contributed by atoms with E-state index >= 15 is 0 Å². The van der Waals surface area contributed by atoms with E-state index in [-0.39, 0.29) is 12.5 Å². The highest BCUT2D eigenvalue weighted by Gasteiger charge is 2.40. The maximum absolute atomic E-state index is 13.2. The largest absolute Gasteiger partial charge is 0.444 e. The van der Waals surface area contributed by atoms with Crippen molar-refractivity contribution >= 4 is 6.09 Å². The molecule has 0 unspecified atom stereocenters. The number of hydrogen-bond donors (Lipinski definition) is 0. The minimum absolute atomic E-state index is 0.168. The van der Waals surface area contributed by atoms with Crippen molar-refractivity contribution in [2.24, 2.45) is 0 Å². The molecule has 0 aliphatic carbocycles. The molecule has 0 spiro atoms. The van der Waals surface area contributed by atoms with E-state index in [4.69, 9.17) is 4.74 Å². The van der Waals surface area contributed by atoms with Crippen LogP contribution in [0.25, 0.3) is 0 Å². The normalized spacial score (nSPS) is 16.7. The number of amides is 1. The van der Waals surface area contributed by atoms with Gasteiger partial charge in [0.15, 0.2) is 0 Å². The van der Waals surface area contributed by atoms with E-state index in [0.29, 0.717) is 25.9 Å². The molecule has 1 aromatic carbocycles. The van der Waals surface area contributed by atoms with Gasteiger partial charge in [-0.1, -0.05) is 43.7 Å². The Morgan fingerprint density at radius 1 is 1.15 bits per heavy atom. The standard InChI is InChI=1S/C19H27F2NO2.C2H6/c1-14-5-7-15(8-6-14)19(13-16(20)21)9-11-22(12-10-19)17(23)24-18(2,3)4;1-2/h5-8,16H,9-13H2,1-4H3;1-2H3. The van der Waals surface area contributed by atoms with Crippen LogP contribution in [0.2, 0.25) is 0 Å². The second-order valence-corrected chi connectivity index (χ2v) is 7.71. The summed E-state index contributed by atoms with van der Waals surface area (Å²) in [6.45, 7) is 12.3. The lowest BCUT2D eigenvalue weighted by Crippen LogP contribution is -2.47. The predicted molar refractivity (Wildman–Crippen MR) is 102 cm³/mol. The first-order valence-corrected chi connectivity index (χ1v) is 9.45. The van der Waals surface area contributed by atoms with Gasteiger partial charge in [0.05, 0.1) is 0 Å². The zero-order chi connectivity index (χ0) is 20.0. The van der Waals surface area contributed by atoms with Crippen molar-refractivity contribution in [1.82, 2.24) is 4.90 Å². The van der Waals surface area contributed by atoms with Crippen molar-refractivity contribution in [3.8, 4) is 0 Å². The topological polar surface area (TPSA) is 29.5 Å². The van der Waals surface area contributed by atoms with E-state index in [9.17, 15) is 13.6 Å². The smallest absolute Gasteiger partial charge is 0.410 e. The number of ether oxygens (including phenoxy) is 1. The molecule has 0 saturated carbocycles. The first-order valence-electron chi connectivity index (χ1n) is 9.45. The fourth-order valence-corrected chi connectivity index (χ4v) is 3.26. The van der Waals surface area contributed by atoms with E-state index in [1.807, 2.05) is 65.8 Å². The van der Waals surface area contributed by atoms with Gasteiger partial charge in [-0.2, -0.15) is 0 Å². The maximum Gasteiger partial charge on any atom is 0.410 e. The summed E-state index contributed by atoms with van der Waals surface area (Å²) >= 11 is 0. The molecule has 2 rings (SSSR count).